The second-order valence-corrected chi connectivity index (χ2v) is 9.68. The van der Waals surface area contributed by atoms with Crippen LogP contribution in [0.15, 0.2) is 12.7 Å². The van der Waals surface area contributed by atoms with Crippen LogP contribution < -0.4 is 10.1 Å². The molecule has 2 heterocycles. The molecule has 2 amide bonds. The van der Waals surface area contributed by atoms with Gasteiger partial charge in [-0.1, -0.05) is 19.3 Å². The van der Waals surface area contributed by atoms with E-state index in [1.54, 1.807) is 20.8 Å². The number of amides is 2. The minimum absolute atomic E-state index is 0.00173. The number of rotatable bonds is 10. The number of hydrogen-bond donors (Lipinski definition) is 2. The maximum Gasteiger partial charge on any atom is 0.407 e. The van der Waals surface area contributed by atoms with Crippen LogP contribution in [-0.2, 0) is 20.9 Å². The van der Waals surface area contributed by atoms with Gasteiger partial charge in [0.2, 0.25) is 11.8 Å². The molecule has 0 saturated heterocycles. The van der Waals surface area contributed by atoms with Crippen LogP contribution in [-0.4, -0.2) is 79.3 Å². The van der Waals surface area contributed by atoms with E-state index in [-0.39, 0.29) is 19.6 Å². The van der Waals surface area contributed by atoms with E-state index in [9.17, 15) is 19.5 Å². The predicted octanol–water partition coefficient (Wildman–Crippen LogP) is 2.22. The normalized spacial score (nSPS) is 14.5. The maximum atomic E-state index is 12.9. The Bertz CT molecular complexity index is 1030. The van der Waals surface area contributed by atoms with E-state index >= 15 is 0 Å². The molecule has 0 aliphatic heterocycles. The molecule has 12 heteroatoms. The number of carboxylic acids is 1. The number of aliphatic carboxylic acids is 1. The third-order valence-corrected chi connectivity index (χ3v) is 5.58. The SMILES string of the molecule is CC(C)(C)OC(=O)NCCN(CC(=O)O)C(=O)Cn1cnc2c(OCC3CCCCC3)ncnc21. The van der Waals surface area contributed by atoms with Gasteiger partial charge in [-0.3, -0.25) is 9.59 Å². The number of imidazole rings is 1. The summed E-state index contributed by atoms with van der Waals surface area (Å²) in [4.78, 5) is 50.0. The summed E-state index contributed by atoms with van der Waals surface area (Å²) in [5, 5.41) is 11.8. The number of carbonyl (C=O) groups excluding carboxylic acids is 2. The number of nitrogens with one attached hydrogen (secondary N) is 1. The highest BCUT2D eigenvalue weighted by molar-refractivity contribution is 5.83. The minimum Gasteiger partial charge on any atom is -0.480 e. The molecule has 0 radical (unpaired) electrons. The zero-order valence-corrected chi connectivity index (χ0v) is 20.5. The molecule has 1 aliphatic rings. The lowest BCUT2D eigenvalue weighted by molar-refractivity contribution is -0.144. The Morgan fingerprint density at radius 1 is 1.17 bits per heavy atom. The summed E-state index contributed by atoms with van der Waals surface area (Å²) in [5.41, 5.74) is 0.214. The highest BCUT2D eigenvalue weighted by atomic mass is 16.6. The van der Waals surface area contributed by atoms with E-state index in [2.05, 4.69) is 20.3 Å². The second-order valence-electron chi connectivity index (χ2n) is 9.68. The molecule has 0 atom stereocenters. The Hall–Kier alpha value is -3.44. The average molecular weight is 491 g/mol. The predicted molar refractivity (Wildman–Crippen MR) is 126 cm³/mol. The van der Waals surface area contributed by atoms with Crippen molar-refractivity contribution >= 4 is 29.1 Å². The van der Waals surface area contributed by atoms with Gasteiger partial charge in [-0.25, -0.2) is 14.8 Å². The molecule has 12 nitrogen and oxygen atoms in total. The fourth-order valence-corrected chi connectivity index (χ4v) is 3.94. The van der Waals surface area contributed by atoms with Gasteiger partial charge in [0.1, 0.15) is 25.0 Å². The summed E-state index contributed by atoms with van der Waals surface area (Å²) in [6.07, 6.45) is 8.15. The first-order valence-corrected chi connectivity index (χ1v) is 11.9. The summed E-state index contributed by atoms with van der Waals surface area (Å²) >= 11 is 0. The van der Waals surface area contributed by atoms with Crippen LogP contribution in [0.4, 0.5) is 4.79 Å². The van der Waals surface area contributed by atoms with Crippen molar-refractivity contribution in [2.75, 3.05) is 26.2 Å². The fourth-order valence-electron chi connectivity index (χ4n) is 3.94. The van der Waals surface area contributed by atoms with Crippen molar-refractivity contribution in [3.63, 3.8) is 0 Å². The zero-order valence-electron chi connectivity index (χ0n) is 20.5. The van der Waals surface area contributed by atoms with Crippen LogP contribution >= 0.6 is 0 Å². The number of hydrogen-bond acceptors (Lipinski definition) is 8. The van der Waals surface area contributed by atoms with Gasteiger partial charge < -0.3 is 29.4 Å². The lowest BCUT2D eigenvalue weighted by atomic mass is 9.90. The van der Waals surface area contributed by atoms with Crippen LogP contribution in [0.25, 0.3) is 11.2 Å². The molecule has 2 aromatic rings. The van der Waals surface area contributed by atoms with Crippen LogP contribution in [0, 0.1) is 5.92 Å². The molecule has 0 spiro atoms. The molecule has 0 unspecified atom stereocenters. The Labute approximate surface area is 204 Å². The first-order valence-electron chi connectivity index (χ1n) is 11.9. The monoisotopic (exact) mass is 490 g/mol. The topological polar surface area (TPSA) is 149 Å². The Balaban J connectivity index is 1.62. The fraction of sp³-hybridized carbons (Fsp3) is 0.652. The molecule has 1 saturated carbocycles. The third-order valence-electron chi connectivity index (χ3n) is 5.58. The quantitative estimate of drug-likeness (QED) is 0.511. The Morgan fingerprint density at radius 3 is 2.60 bits per heavy atom. The summed E-state index contributed by atoms with van der Waals surface area (Å²) in [5.74, 6) is -0.750. The average Bonchev–Trinajstić information content (AvgIpc) is 3.19. The summed E-state index contributed by atoms with van der Waals surface area (Å²) in [7, 11) is 0. The van der Waals surface area contributed by atoms with Crippen LogP contribution in [0.5, 0.6) is 5.88 Å². The first-order chi connectivity index (χ1) is 16.6. The van der Waals surface area contributed by atoms with Crippen molar-refractivity contribution in [1.82, 2.24) is 29.7 Å². The number of fused-ring (bicyclic) bond motifs is 1. The van der Waals surface area contributed by atoms with Crippen LogP contribution in [0.2, 0.25) is 0 Å². The number of nitrogens with zero attached hydrogens (tertiary/aromatic N) is 5. The van der Waals surface area contributed by atoms with Gasteiger partial charge in [-0.2, -0.15) is 4.98 Å². The van der Waals surface area contributed by atoms with Crippen molar-refractivity contribution in [2.24, 2.45) is 5.92 Å². The molecule has 2 N–H and O–H groups in total. The van der Waals surface area contributed by atoms with Gasteiger partial charge in [-0.15, -0.1) is 0 Å². The molecule has 3 rings (SSSR count). The molecule has 1 aliphatic carbocycles. The first kappa shape index (κ1) is 26.2. The van der Waals surface area contributed by atoms with Crippen molar-refractivity contribution in [1.29, 1.82) is 0 Å². The summed E-state index contributed by atoms with van der Waals surface area (Å²) in [6.45, 7) is 5.13. The number of aromatic nitrogens is 4. The number of alkyl carbamates (subject to hydrolysis) is 1. The minimum atomic E-state index is -1.16. The van der Waals surface area contributed by atoms with Gasteiger partial charge >= 0.3 is 12.1 Å². The van der Waals surface area contributed by atoms with E-state index in [1.165, 1.54) is 36.5 Å². The zero-order chi connectivity index (χ0) is 25.4. The van der Waals surface area contributed by atoms with Crippen molar-refractivity contribution in [3.05, 3.63) is 12.7 Å². The van der Waals surface area contributed by atoms with E-state index < -0.39 is 30.1 Å². The van der Waals surface area contributed by atoms with Crippen molar-refractivity contribution in [3.8, 4) is 5.88 Å². The molecule has 0 aromatic carbocycles. The van der Waals surface area contributed by atoms with Crippen molar-refractivity contribution in [2.45, 2.75) is 65.0 Å². The van der Waals surface area contributed by atoms with E-state index in [1.807, 2.05) is 0 Å². The highest BCUT2D eigenvalue weighted by Gasteiger charge is 2.22. The van der Waals surface area contributed by atoms with Crippen LogP contribution in [0.1, 0.15) is 52.9 Å². The van der Waals surface area contributed by atoms with Crippen LogP contribution in [0.3, 0.4) is 0 Å². The van der Waals surface area contributed by atoms with E-state index in [0.717, 1.165) is 17.7 Å². The molecular weight excluding hydrogens is 456 g/mol. The molecule has 35 heavy (non-hydrogen) atoms. The maximum absolute atomic E-state index is 12.9. The molecule has 1 fully saturated rings. The second kappa shape index (κ2) is 11.8. The van der Waals surface area contributed by atoms with Gasteiger partial charge in [0, 0.05) is 13.1 Å². The summed E-state index contributed by atoms with van der Waals surface area (Å²) in [6, 6.07) is 0. The lowest BCUT2D eigenvalue weighted by Gasteiger charge is -2.23. The number of carboxylic acid groups (broad SMARTS) is 1. The Kier molecular flexibility index (Phi) is 8.83. The van der Waals surface area contributed by atoms with Gasteiger partial charge in [0.25, 0.3) is 0 Å². The lowest BCUT2D eigenvalue weighted by Crippen LogP contribution is -2.43. The largest absolute Gasteiger partial charge is 0.480 e. The molecular formula is C23H34N6O6. The molecule has 0 bridgehead atoms. The van der Waals surface area contributed by atoms with Crippen molar-refractivity contribution < 1.29 is 29.0 Å². The number of carbonyl (C=O) groups is 3. The van der Waals surface area contributed by atoms with Gasteiger partial charge in [0.05, 0.1) is 12.9 Å². The van der Waals surface area contributed by atoms with E-state index in [4.69, 9.17) is 9.47 Å². The van der Waals surface area contributed by atoms with E-state index in [0.29, 0.717) is 29.6 Å². The standard InChI is InChI=1S/C23H34N6O6/c1-23(2,3)35-22(33)24-9-10-28(12-18(31)32)17(30)11-29-15-27-19-20(29)25-14-26-21(19)34-13-16-7-5-4-6-8-16/h14-16H,4-13H2,1-3H3,(H,24,33)(H,31,32). The molecule has 2 aromatic heterocycles. The van der Waals surface area contributed by atoms with Gasteiger partial charge in [-0.05, 0) is 39.5 Å². The third kappa shape index (κ3) is 8.08. The highest BCUT2D eigenvalue weighted by Crippen LogP contribution is 2.26. The van der Waals surface area contributed by atoms with Gasteiger partial charge in [0.15, 0.2) is 11.2 Å². The summed E-state index contributed by atoms with van der Waals surface area (Å²) < 4.78 is 12.6. The Morgan fingerprint density at radius 2 is 1.91 bits per heavy atom. The molecule has 192 valence electrons. The smallest absolute Gasteiger partial charge is 0.407 e. The number of ether oxygens (including phenoxy) is 2.